The molecule has 3 saturated carbocycles. The van der Waals surface area contributed by atoms with Crippen LogP contribution in [0.5, 0.6) is 0 Å². The fourth-order valence-electron chi connectivity index (χ4n) is 5.20. The zero-order valence-electron chi connectivity index (χ0n) is 20.4. The van der Waals surface area contributed by atoms with Crippen molar-refractivity contribution in [3.05, 3.63) is 18.0 Å². The van der Waals surface area contributed by atoms with Gasteiger partial charge in [-0.3, -0.25) is 0 Å². The molecule has 10 heteroatoms. The van der Waals surface area contributed by atoms with E-state index in [0.717, 1.165) is 30.8 Å². The molecule has 5 rings (SSSR count). The van der Waals surface area contributed by atoms with Crippen LogP contribution < -0.4 is 10.6 Å². The van der Waals surface area contributed by atoms with Crippen molar-refractivity contribution in [1.29, 1.82) is 0 Å². The average Bonchev–Trinajstić information content (AvgIpc) is 3.62. The van der Waals surface area contributed by atoms with Crippen molar-refractivity contribution in [3.63, 3.8) is 0 Å². The van der Waals surface area contributed by atoms with Crippen molar-refractivity contribution in [2.24, 2.45) is 11.8 Å². The smallest absolute Gasteiger partial charge is 0.407 e. The predicted octanol–water partition coefficient (Wildman–Crippen LogP) is 3.89. The van der Waals surface area contributed by atoms with Gasteiger partial charge in [-0.05, 0) is 77.6 Å². The number of carbonyl (C=O) groups excluding carboxylic acids is 1. The fourth-order valence-corrected chi connectivity index (χ4v) is 5.90. The van der Waals surface area contributed by atoms with Crippen LogP contribution in [-0.2, 0) is 14.6 Å². The second kappa shape index (κ2) is 8.39. The third-order valence-corrected chi connectivity index (χ3v) is 8.05. The maximum atomic E-state index is 12.4. The molecule has 0 bridgehead atoms. The highest BCUT2D eigenvalue weighted by Gasteiger charge is 2.43. The minimum atomic E-state index is -3.45. The molecule has 0 saturated heterocycles. The van der Waals surface area contributed by atoms with E-state index in [0.29, 0.717) is 23.4 Å². The Kier molecular flexibility index (Phi) is 5.77. The minimum Gasteiger partial charge on any atom is -0.444 e. The molecule has 1 amide bonds. The summed E-state index contributed by atoms with van der Waals surface area (Å²) in [6.07, 6.45) is 9.57. The lowest BCUT2D eigenvalue weighted by Gasteiger charge is -2.22. The van der Waals surface area contributed by atoms with Crippen molar-refractivity contribution in [2.75, 3.05) is 11.6 Å². The maximum Gasteiger partial charge on any atom is 0.407 e. The summed E-state index contributed by atoms with van der Waals surface area (Å²) in [6.45, 7) is 5.55. The largest absolute Gasteiger partial charge is 0.444 e. The molecule has 0 aliphatic heterocycles. The Hall–Kier alpha value is -2.36. The van der Waals surface area contributed by atoms with Gasteiger partial charge < -0.3 is 15.4 Å². The van der Waals surface area contributed by atoms with Gasteiger partial charge in [-0.1, -0.05) is 0 Å². The molecule has 3 fully saturated rings. The van der Waals surface area contributed by atoms with E-state index in [4.69, 9.17) is 9.72 Å². The zero-order valence-corrected chi connectivity index (χ0v) is 21.2. The van der Waals surface area contributed by atoms with Crippen LogP contribution >= 0.6 is 0 Å². The molecule has 2 N–H and O–H groups in total. The molecule has 186 valence electrons. The first-order chi connectivity index (χ1) is 16.0. The van der Waals surface area contributed by atoms with Gasteiger partial charge in [0.1, 0.15) is 16.3 Å². The van der Waals surface area contributed by atoms with Gasteiger partial charge in [0.2, 0.25) is 0 Å². The van der Waals surface area contributed by atoms with Gasteiger partial charge in [0, 0.05) is 30.3 Å². The molecule has 0 unspecified atom stereocenters. The lowest BCUT2D eigenvalue weighted by molar-refractivity contribution is 0.0505. The van der Waals surface area contributed by atoms with Crippen LogP contribution in [-0.4, -0.2) is 53.0 Å². The summed E-state index contributed by atoms with van der Waals surface area (Å²) in [7, 11) is -3.45. The average molecular weight is 490 g/mol. The SMILES string of the molecule is CC(C)(C)OC(=O)N[C@H]1CC[C@H](Nc2cc(C(C3CC3)C3CC3)nc3c(S(C)(=O)=O)cnn23)C1. The molecule has 0 aromatic carbocycles. The molecular weight excluding hydrogens is 454 g/mol. The number of alkyl carbamates (subject to hydrolysis) is 1. The van der Waals surface area contributed by atoms with E-state index in [9.17, 15) is 13.2 Å². The van der Waals surface area contributed by atoms with Crippen LogP contribution in [0.1, 0.15) is 77.3 Å². The number of rotatable bonds is 7. The molecule has 0 radical (unpaired) electrons. The highest BCUT2D eigenvalue weighted by molar-refractivity contribution is 7.90. The van der Waals surface area contributed by atoms with Crippen molar-refractivity contribution in [3.8, 4) is 0 Å². The normalized spacial score (nSPS) is 23.4. The molecule has 3 aliphatic rings. The summed E-state index contributed by atoms with van der Waals surface area (Å²) in [5.74, 6) is 2.45. The van der Waals surface area contributed by atoms with Gasteiger partial charge in [-0.15, -0.1) is 0 Å². The highest BCUT2D eigenvalue weighted by atomic mass is 32.2. The Morgan fingerprint density at radius 2 is 1.76 bits per heavy atom. The van der Waals surface area contributed by atoms with Crippen LogP contribution in [0.3, 0.4) is 0 Å². The number of carbonyl (C=O) groups is 1. The molecule has 2 aromatic heterocycles. The molecule has 2 aromatic rings. The lowest BCUT2D eigenvalue weighted by atomic mass is 9.93. The Bertz CT molecular complexity index is 1180. The molecule has 2 atom stereocenters. The molecule has 9 nitrogen and oxygen atoms in total. The number of fused-ring (bicyclic) bond motifs is 1. The number of nitrogens with zero attached hydrogens (tertiary/aromatic N) is 3. The van der Waals surface area contributed by atoms with E-state index in [1.54, 1.807) is 4.52 Å². The second-order valence-electron chi connectivity index (χ2n) is 11.3. The van der Waals surface area contributed by atoms with Crippen LogP contribution in [0.15, 0.2) is 17.2 Å². The number of sulfone groups is 1. The van der Waals surface area contributed by atoms with Gasteiger partial charge in [0.25, 0.3) is 0 Å². The van der Waals surface area contributed by atoms with Crippen LogP contribution in [0.25, 0.3) is 5.65 Å². The first kappa shape index (κ1) is 23.4. The van der Waals surface area contributed by atoms with Crippen LogP contribution in [0, 0.1) is 11.8 Å². The monoisotopic (exact) mass is 489 g/mol. The molecule has 34 heavy (non-hydrogen) atoms. The maximum absolute atomic E-state index is 12.4. The predicted molar refractivity (Wildman–Crippen MR) is 129 cm³/mol. The summed E-state index contributed by atoms with van der Waals surface area (Å²) >= 11 is 0. The molecule has 3 aliphatic carbocycles. The summed E-state index contributed by atoms with van der Waals surface area (Å²) < 4.78 is 31.8. The van der Waals surface area contributed by atoms with Crippen LogP contribution in [0.2, 0.25) is 0 Å². The van der Waals surface area contributed by atoms with Crippen molar-refractivity contribution in [2.45, 2.75) is 94.2 Å². The Labute approximate surface area is 201 Å². The van der Waals surface area contributed by atoms with Crippen LogP contribution in [0.4, 0.5) is 10.6 Å². The Morgan fingerprint density at radius 3 is 2.35 bits per heavy atom. The number of hydrogen-bond donors (Lipinski definition) is 2. The Morgan fingerprint density at radius 1 is 1.12 bits per heavy atom. The van der Waals surface area contributed by atoms with Crippen molar-refractivity contribution < 1.29 is 17.9 Å². The summed E-state index contributed by atoms with van der Waals surface area (Å²) in [5, 5.41) is 10.9. The minimum absolute atomic E-state index is 0.0269. The van der Waals surface area contributed by atoms with Gasteiger partial charge in [-0.25, -0.2) is 18.2 Å². The lowest BCUT2D eigenvalue weighted by Crippen LogP contribution is -2.38. The topological polar surface area (TPSA) is 115 Å². The van der Waals surface area contributed by atoms with Gasteiger partial charge in [-0.2, -0.15) is 9.61 Å². The van der Waals surface area contributed by atoms with E-state index >= 15 is 0 Å². The van der Waals surface area contributed by atoms with Gasteiger partial charge >= 0.3 is 6.09 Å². The summed E-state index contributed by atoms with van der Waals surface area (Å²) in [4.78, 5) is 17.2. The number of aromatic nitrogens is 3. The van der Waals surface area contributed by atoms with Gasteiger partial charge in [0.05, 0.1) is 11.9 Å². The number of nitrogens with one attached hydrogen (secondary N) is 2. The second-order valence-corrected chi connectivity index (χ2v) is 13.3. The van der Waals surface area contributed by atoms with Crippen molar-refractivity contribution in [1.82, 2.24) is 19.9 Å². The standard InChI is InChI=1S/C24H35N5O4S/c1-24(2,3)33-23(30)27-17-10-9-16(11-17)26-20-12-18(21(14-5-6-14)15-7-8-15)28-22-19(34(4,31)32)13-25-29(20)22/h12-17,21,26H,5-11H2,1-4H3,(H,27,30)/t16-,17-/m0/s1. The number of ether oxygens (including phenoxy) is 1. The number of anilines is 1. The number of amides is 1. The molecular formula is C24H35N5O4S. The first-order valence-corrected chi connectivity index (χ1v) is 14.2. The third-order valence-electron chi connectivity index (χ3n) is 6.97. The van der Waals surface area contributed by atoms with Gasteiger partial charge in [0.15, 0.2) is 15.5 Å². The van der Waals surface area contributed by atoms with E-state index in [1.165, 1.54) is 38.1 Å². The van der Waals surface area contributed by atoms with E-state index in [-0.39, 0.29) is 17.0 Å². The highest BCUT2D eigenvalue weighted by Crippen LogP contribution is 2.54. The number of hydrogen-bond acceptors (Lipinski definition) is 7. The quantitative estimate of drug-likeness (QED) is 0.606. The van der Waals surface area contributed by atoms with E-state index in [2.05, 4.69) is 21.8 Å². The summed E-state index contributed by atoms with van der Waals surface area (Å²) in [5.41, 5.74) is 0.846. The van der Waals surface area contributed by atoms with Crippen molar-refractivity contribution >= 4 is 27.4 Å². The van der Waals surface area contributed by atoms with E-state index < -0.39 is 21.5 Å². The molecule has 0 spiro atoms. The molecule has 2 heterocycles. The third kappa shape index (κ3) is 5.16. The first-order valence-electron chi connectivity index (χ1n) is 12.3. The van der Waals surface area contributed by atoms with E-state index in [1.807, 2.05) is 20.8 Å². The zero-order chi connectivity index (χ0) is 24.3. The fraction of sp³-hybridized carbons (Fsp3) is 0.708. The Balaban J connectivity index is 1.39. The summed E-state index contributed by atoms with van der Waals surface area (Å²) in [6, 6.07) is 2.23.